The maximum atomic E-state index is 13.4. The average Bonchev–Trinajstić information content (AvgIpc) is 3.44. The number of fused-ring (bicyclic) bond motifs is 4. The molecule has 1 aromatic heterocycles. The number of anilines is 1. The first-order valence-corrected chi connectivity index (χ1v) is 13.0. The number of aromatic nitrogens is 1. The van der Waals surface area contributed by atoms with Crippen LogP contribution in [0.15, 0.2) is 60.8 Å². The molecule has 2 heterocycles. The van der Waals surface area contributed by atoms with Crippen molar-refractivity contribution in [3.8, 4) is 28.0 Å². The second-order valence-corrected chi connectivity index (χ2v) is 10.1. The Balaban J connectivity index is 1.47. The van der Waals surface area contributed by atoms with Crippen LogP contribution in [0.4, 0.5) is 5.69 Å². The molecule has 2 aliphatic rings. The highest BCUT2D eigenvalue weighted by atomic mass is 16.5. The second kappa shape index (κ2) is 9.14. The van der Waals surface area contributed by atoms with Gasteiger partial charge in [-0.1, -0.05) is 42.8 Å². The normalized spacial score (nSPS) is 13.3. The van der Waals surface area contributed by atoms with Gasteiger partial charge in [-0.25, -0.2) is 0 Å². The Hall–Kier alpha value is -4.45. The summed E-state index contributed by atoms with van der Waals surface area (Å²) in [6, 6.07) is 18.1. The van der Waals surface area contributed by atoms with Gasteiger partial charge in [-0.3, -0.25) is 14.6 Å². The van der Waals surface area contributed by atoms with Crippen molar-refractivity contribution in [1.82, 2.24) is 4.98 Å². The topological polar surface area (TPSA) is 85.5 Å². The minimum atomic E-state index is -0.538. The van der Waals surface area contributed by atoms with Crippen molar-refractivity contribution in [2.45, 2.75) is 40.2 Å². The minimum absolute atomic E-state index is 0.0151. The van der Waals surface area contributed by atoms with Crippen LogP contribution in [0.1, 0.15) is 62.0 Å². The first kappa shape index (κ1) is 23.9. The van der Waals surface area contributed by atoms with E-state index in [4.69, 9.17) is 10.5 Å². The van der Waals surface area contributed by atoms with Gasteiger partial charge in [0, 0.05) is 29.4 Å². The van der Waals surface area contributed by atoms with Crippen LogP contribution in [0.5, 0.6) is 5.75 Å². The molecule has 0 atom stereocenters. The van der Waals surface area contributed by atoms with Gasteiger partial charge in [0.1, 0.15) is 11.4 Å². The number of aryl methyl sites for hydroxylation is 1. The van der Waals surface area contributed by atoms with Gasteiger partial charge >= 0.3 is 0 Å². The molecular weight excluding hydrogens is 474 g/mol. The van der Waals surface area contributed by atoms with Gasteiger partial charge in [0.15, 0.2) is 0 Å². The first-order valence-electron chi connectivity index (χ1n) is 13.0. The summed E-state index contributed by atoms with van der Waals surface area (Å²) in [5.74, 6) is 0.291. The van der Waals surface area contributed by atoms with E-state index in [1.807, 2.05) is 61.2 Å². The number of ether oxygens (including phenoxy) is 1. The number of nitrogens with two attached hydrogens (primary N) is 1. The fourth-order valence-electron chi connectivity index (χ4n) is 5.73. The van der Waals surface area contributed by atoms with Crippen molar-refractivity contribution in [1.29, 1.82) is 0 Å². The van der Waals surface area contributed by atoms with E-state index in [-0.39, 0.29) is 5.91 Å². The Morgan fingerprint density at radius 2 is 1.84 bits per heavy atom. The highest BCUT2D eigenvalue weighted by molar-refractivity contribution is 6.11. The van der Waals surface area contributed by atoms with Crippen LogP contribution in [-0.4, -0.2) is 23.4 Å². The number of carbonyl (C=O) groups is 2. The van der Waals surface area contributed by atoms with Crippen LogP contribution in [0, 0.1) is 13.8 Å². The number of rotatable bonds is 6. The summed E-state index contributed by atoms with van der Waals surface area (Å²) in [4.78, 5) is 32.1. The molecule has 0 spiro atoms. The van der Waals surface area contributed by atoms with Crippen LogP contribution in [0.25, 0.3) is 22.3 Å². The number of nitrogens with zero attached hydrogens (tertiary/aromatic N) is 2. The largest absolute Gasteiger partial charge is 0.494 e. The summed E-state index contributed by atoms with van der Waals surface area (Å²) in [6.07, 6.45) is 3.23. The molecule has 3 aromatic carbocycles. The lowest BCUT2D eigenvalue weighted by Crippen LogP contribution is -2.24. The summed E-state index contributed by atoms with van der Waals surface area (Å²) >= 11 is 0. The molecule has 0 fully saturated rings. The summed E-state index contributed by atoms with van der Waals surface area (Å²) in [5, 5.41) is 0. The van der Waals surface area contributed by atoms with E-state index in [0.717, 1.165) is 73.5 Å². The lowest BCUT2D eigenvalue weighted by molar-refractivity contribution is 0.0987. The molecule has 190 valence electrons. The average molecular weight is 504 g/mol. The fourth-order valence-corrected chi connectivity index (χ4v) is 5.73. The predicted octanol–water partition coefficient (Wildman–Crippen LogP) is 5.98. The second-order valence-electron chi connectivity index (χ2n) is 10.1. The van der Waals surface area contributed by atoms with Gasteiger partial charge in [0.25, 0.3) is 11.8 Å². The van der Waals surface area contributed by atoms with Crippen molar-refractivity contribution in [3.63, 3.8) is 0 Å². The standard InChI is InChI=1S/C32H29N3O3/c1-4-12-38-22-10-11-24-21(14-22)15-26-29(24)27(16-34-30(26)31(33)36)23-6-5-7-28(19(23)3)35-17-20-9-8-18(2)13-25(20)32(35)37/h5-11,13-14,16H,4,12,15,17H2,1-3H3,(H2,33,36). The predicted molar refractivity (Wildman–Crippen MR) is 149 cm³/mol. The highest BCUT2D eigenvalue weighted by Gasteiger charge is 2.32. The monoisotopic (exact) mass is 503 g/mol. The van der Waals surface area contributed by atoms with E-state index in [0.29, 0.717) is 25.3 Å². The molecule has 1 aliphatic carbocycles. The van der Waals surface area contributed by atoms with Crippen molar-refractivity contribution in [2.24, 2.45) is 5.73 Å². The molecule has 0 saturated carbocycles. The maximum Gasteiger partial charge on any atom is 0.267 e. The van der Waals surface area contributed by atoms with Crippen molar-refractivity contribution >= 4 is 17.5 Å². The summed E-state index contributed by atoms with van der Waals surface area (Å²) in [5.41, 5.74) is 16.6. The number of amides is 2. The molecule has 6 heteroatoms. The van der Waals surface area contributed by atoms with E-state index < -0.39 is 5.91 Å². The van der Waals surface area contributed by atoms with Gasteiger partial charge in [0.2, 0.25) is 0 Å². The molecule has 0 radical (unpaired) electrons. The minimum Gasteiger partial charge on any atom is -0.494 e. The molecule has 2 N–H and O–H groups in total. The molecule has 1 aliphatic heterocycles. The van der Waals surface area contributed by atoms with Crippen LogP contribution in [-0.2, 0) is 13.0 Å². The number of hydrogen-bond donors (Lipinski definition) is 1. The zero-order valence-corrected chi connectivity index (χ0v) is 21.8. The van der Waals surface area contributed by atoms with Gasteiger partial charge in [-0.15, -0.1) is 0 Å². The Bertz CT molecular complexity index is 1640. The van der Waals surface area contributed by atoms with Crippen LogP contribution < -0.4 is 15.4 Å². The van der Waals surface area contributed by atoms with Gasteiger partial charge in [-0.2, -0.15) is 0 Å². The molecule has 6 rings (SSSR count). The van der Waals surface area contributed by atoms with E-state index in [1.165, 1.54) is 0 Å². The number of benzene rings is 3. The van der Waals surface area contributed by atoms with Crippen molar-refractivity contribution < 1.29 is 14.3 Å². The van der Waals surface area contributed by atoms with E-state index in [9.17, 15) is 9.59 Å². The Morgan fingerprint density at radius 3 is 2.63 bits per heavy atom. The highest BCUT2D eigenvalue weighted by Crippen LogP contribution is 2.46. The summed E-state index contributed by atoms with van der Waals surface area (Å²) in [6.45, 7) is 7.31. The summed E-state index contributed by atoms with van der Waals surface area (Å²) < 4.78 is 5.86. The zero-order valence-electron chi connectivity index (χ0n) is 21.8. The molecule has 4 aromatic rings. The Labute approximate surface area is 222 Å². The Kier molecular flexibility index (Phi) is 5.75. The molecule has 2 amide bonds. The smallest absolute Gasteiger partial charge is 0.267 e. The van der Waals surface area contributed by atoms with Gasteiger partial charge in [-0.05, 0) is 83.5 Å². The molecule has 0 unspecified atom stereocenters. The van der Waals surface area contributed by atoms with Crippen molar-refractivity contribution in [3.05, 3.63) is 99.9 Å². The number of hydrogen-bond acceptors (Lipinski definition) is 4. The third-order valence-corrected chi connectivity index (χ3v) is 7.55. The lowest BCUT2D eigenvalue weighted by atomic mass is 9.91. The SMILES string of the molecule is CCCOc1ccc2c(c1)Cc1c(C(N)=O)ncc(-c3cccc(N4Cc5ccc(C)cc5C4=O)c3C)c1-2. The van der Waals surface area contributed by atoms with Crippen LogP contribution >= 0.6 is 0 Å². The summed E-state index contributed by atoms with van der Waals surface area (Å²) in [7, 11) is 0. The van der Waals surface area contributed by atoms with E-state index in [2.05, 4.69) is 24.0 Å². The van der Waals surface area contributed by atoms with E-state index >= 15 is 0 Å². The molecule has 0 saturated heterocycles. The van der Waals surface area contributed by atoms with E-state index in [1.54, 1.807) is 6.20 Å². The molecule has 38 heavy (non-hydrogen) atoms. The third-order valence-electron chi connectivity index (χ3n) is 7.55. The number of primary amides is 1. The maximum absolute atomic E-state index is 13.4. The van der Waals surface area contributed by atoms with Gasteiger partial charge < -0.3 is 15.4 Å². The van der Waals surface area contributed by atoms with Gasteiger partial charge in [0.05, 0.1) is 13.2 Å². The first-order chi connectivity index (χ1) is 18.4. The fraction of sp³-hybridized carbons (Fsp3) is 0.219. The zero-order chi connectivity index (χ0) is 26.6. The number of pyridine rings is 1. The Morgan fingerprint density at radius 1 is 1.00 bits per heavy atom. The molecule has 0 bridgehead atoms. The molecule has 6 nitrogen and oxygen atoms in total. The number of carbonyl (C=O) groups excluding carboxylic acids is 2. The van der Waals surface area contributed by atoms with Crippen molar-refractivity contribution in [2.75, 3.05) is 11.5 Å². The van der Waals surface area contributed by atoms with Crippen LogP contribution in [0.2, 0.25) is 0 Å². The third kappa shape index (κ3) is 3.76. The lowest BCUT2D eigenvalue weighted by Gasteiger charge is -2.22. The van der Waals surface area contributed by atoms with Crippen LogP contribution in [0.3, 0.4) is 0 Å². The molecular formula is C32H29N3O3. The quantitative estimate of drug-likeness (QED) is 0.309.